The zero-order chi connectivity index (χ0) is 19.0. The molecule has 1 aromatic carbocycles. The van der Waals surface area contributed by atoms with Gasteiger partial charge in [0, 0.05) is 5.41 Å². The van der Waals surface area contributed by atoms with Crippen LogP contribution in [0.1, 0.15) is 59.9 Å². The van der Waals surface area contributed by atoms with Gasteiger partial charge in [-0.3, -0.25) is 0 Å². The number of hydrogen-bond acceptors (Lipinski definition) is 2. The lowest BCUT2D eigenvalue weighted by Gasteiger charge is -2.37. The first-order valence-electron chi connectivity index (χ1n) is 8.06. The molecule has 1 rings (SSSR count). The Morgan fingerprint density at radius 3 is 1.92 bits per heavy atom. The molecule has 138 valence electrons. The highest BCUT2D eigenvalue weighted by Crippen LogP contribution is 2.50. The molecule has 0 saturated carbocycles. The van der Waals surface area contributed by atoms with Crippen LogP contribution in [0.3, 0.4) is 0 Å². The molecule has 0 radical (unpaired) electrons. The van der Waals surface area contributed by atoms with Gasteiger partial charge in [0.1, 0.15) is 5.75 Å². The summed E-state index contributed by atoms with van der Waals surface area (Å²) in [5, 5.41) is 0. The van der Waals surface area contributed by atoms with E-state index in [4.69, 9.17) is 5.73 Å². The molecule has 0 aliphatic heterocycles. The minimum atomic E-state index is -4.66. The van der Waals surface area contributed by atoms with Gasteiger partial charge in [0.05, 0.1) is 5.69 Å². The maximum absolute atomic E-state index is 14.2. The van der Waals surface area contributed by atoms with Crippen LogP contribution >= 0.6 is 0 Å². The standard InChI is InChI=1S/C18H27F4NO/c1-7-15(3,4)12-9-10-14(13(23)11-12)24-18(21,22)17(19,20)16(5,6)8-2/h9-11H,7-8,23H2,1-6H3. The first kappa shape index (κ1) is 20.6. The molecule has 0 aliphatic rings. The molecular weight excluding hydrogens is 322 g/mol. The Hall–Kier alpha value is -1.46. The van der Waals surface area contributed by atoms with Crippen LogP contribution in [-0.2, 0) is 5.41 Å². The predicted octanol–water partition coefficient (Wildman–Crippen LogP) is 6.00. The summed E-state index contributed by atoms with van der Waals surface area (Å²) in [5.41, 5.74) is 4.38. The SMILES string of the molecule is CCC(C)(C)c1ccc(OC(F)(F)C(F)(F)C(C)(C)CC)c(N)c1. The van der Waals surface area contributed by atoms with Crippen molar-refractivity contribution in [3.05, 3.63) is 23.8 Å². The normalized spacial score (nSPS) is 13.9. The van der Waals surface area contributed by atoms with E-state index in [2.05, 4.69) is 4.74 Å². The van der Waals surface area contributed by atoms with E-state index in [1.165, 1.54) is 19.1 Å². The second-order valence-corrected chi connectivity index (χ2v) is 7.42. The summed E-state index contributed by atoms with van der Waals surface area (Å²) in [6.45, 7) is 9.55. The highest BCUT2D eigenvalue weighted by atomic mass is 19.3. The Morgan fingerprint density at radius 1 is 0.958 bits per heavy atom. The number of ether oxygens (including phenoxy) is 1. The van der Waals surface area contributed by atoms with Crippen LogP contribution in [0.15, 0.2) is 18.2 Å². The largest absolute Gasteiger partial charge is 0.464 e. The van der Waals surface area contributed by atoms with Crippen LogP contribution in [0, 0.1) is 5.41 Å². The van der Waals surface area contributed by atoms with E-state index in [9.17, 15) is 17.6 Å². The van der Waals surface area contributed by atoms with E-state index >= 15 is 0 Å². The van der Waals surface area contributed by atoms with Gasteiger partial charge in [-0.25, -0.2) is 0 Å². The average Bonchev–Trinajstić information content (AvgIpc) is 2.48. The molecule has 0 atom stereocenters. The van der Waals surface area contributed by atoms with Crippen LogP contribution in [0.2, 0.25) is 0 Å². The van der Waals surface area contributed by atoms with E-state index in [1.54, 1.807) is 6.07 Å². The summed E-state index contributed by atoms with van der Waals surface area (Å²) in [6, 6.07) is 4.30. The molecule has 0 aromatic heterocycles. The zero-order valence-corrected chi connectivity index (χ0v) is 15.1. The number of benzene rings is 1. The predicted molar refractivity (Wildman–Crippen MR) is 88.8 cm³/mol. The molecular formula is C18H27F4NO. The van der Waals surface area contributed by atoms with Crippen molar-refractivity contribution in [3.8, 4) is 5.75 Å². The van der Waals surface area contributed by atoms with E-state index in [-0.39, 0.29) is 17.5 Å². The van der Waals surface area contributed by atoms with Gasteiger partial charge in [-0.2, -0.15) is 17.6 Å². The number of rotatable bonds is 7. The summed E-state index contributed by atoms with van der Waals surface area (Å²) >= 11 is 0. The lowest BCUT2D eigenvalue weighted by molar-refractivity contribution is -0.343. The van der Waals surface area contributed by atoms with Crippen molar-refractivity contribution in [1.82, 2.24) is 0 Å². The molecule has 0 fully saturated rings. The van der Waals surface area contributed by atoms with Gasteiger partial charge >= 0.3 is 12.0 Å². The minimum Gasteiger partial charge on any atom is -0.426 e. The fourth-order valence-electron chi connectivity index (χ4n) is 2.08. The molecule has 0 saturated heterocycles. The van der Waals surface area contributed by atoms with E-state index in [0.717, 1.165) is 25.8 Å². The Balaban J connectivity index is 3.17. The van der Waals surface area contributed by atoms with Gasteiger partial charge in [0.25, 0.3) is 0 Å². The number of hydrogen-bond donors (Lipinski definition) is 1. The van der Waals surface area contributed by atoms with Crippen LogP contribution in [-0.4, -0.2) is 12.0 Å². The third-order valence-electron chi connectivity index (χ3n) is 5.01. The Bertz CT molecular complexity index is 582. The number of alkyl halides is 4. The maximum Gasteiger partial charge on any atom is 0.464 e. The van der Waals surface area contributed by atoms with Crippen molar-refractivity contribution in [3.63, 3.8) is 0 Å². The highest BCUT2D eigenvalue weighted by Gasteiger charge is 2.67. The Kier molecular flexibility index (Phi) is 5.53. The average molecular weight is 349 g/mol. The second-order valence-electron chi connectivity index (χ2n) is 7.42. The van der Waals surface area contributed by atoms with Crippen molar-refractivity contribution in [1.29, 1.82) is 0 Å². The molecule has 24 heavy (non-hydrogen) atoms. The number of nitrogen functional groups attached to an aromatic ring is 1. The van der Waals surface area contributed by atoms with Crippen molar-refractivity contribution in [2.24, 2.45) is 5.41 Å². The number of nitrogens with two attached hydrogens (primary N) is 1. The molecule has 1 aromatic rings. The Labute approximate surface area is 141 Å². The van der Waals surface area contributed by atoms with Crippen LogP contribution < -0.4 is 10.5 Å². The summed E-state index contributed by atoms with van der Waals surface area (Å²) < 4.78 is 61.0. The van der Waals surface area contributed by atoms with Crippen molar-refractivity contribution in [2.45, 2.75) is 71.8 Å². The maximum atomic E-state index is 14.2. The minimum absolute atomic E-state index is 0.0844. The van der Waals surface area contributed by atoms with Crippen molar-refractivity contribution < 1.29 is 22.3 Å². The van der Waals surface area contributed by atoms with Crippen molar-refractivity contribution in [2.75, 3.05) is 5.73 Å². The topological polar surface area (TPSA) is 35.2 Å². The molecule has 0 bridgehead atoms. The first-order chi connectivity index (χ1) is 10.7. The van der Waals surface area contributed by atoms with Crippen LogP contribution in [0.5, 0.6) is 5.75 Å². The molecule has 2 N–H and O–H groups in total. The molecule has 0 spiro atoms. The molecule has 0 unspecified atom stereocenters. The quantitative estimate of drug-likeness (QED) is 0.484. The summed E-state index contributed by atoms with van der Waals surface area (Å²) in [5.74, 6) is -4.79. The summed E-state index contributed by atoms with van der Waals surface area (Å²) in [7, 11) is 0. The van der Waals surface area contributed by atoms with Gasteiger partial charge < -0.3 is 10.5 Å². The van der Waals surface area contributed by atoms with Gasteiger partial charge in [0.15, 0.2) is 0 Å². The lowest BCUT2D eigenvalue weighted by atomic mass is 9.82. The molecule has 6 heteroatoms. The second kappa shape index (κ2) is 6.45. The van der Waals surface area contributed by atoms with Crippen molar-refractivity contribution >= 4 is 5.69 Å². The third kappa shape index (κ3) is 3.62. The van der Waals surface area contributed by atoms with Crippen LogP contribution in [0.4, 0.5) is 23.2 Å². The summed E-state index contributed by atoms with van der Waals surface area (Å²) in [6.07, 6.45) is -3.98. The van der Waals surface area contributed by atoms with Crippen LogP contribution in [0.25, 0.3) is 0 Å². The monoisotopic (exact) mass is 349 g/mol. The fourth-order valence-corrected chi connectivity index (χ4v) is 2.08. The fraction of sp³-hybridized carbons (Fsp3) is 0.667. The van der Waals surface area contributed by atoms with E-state index in [0.29, 0.717) is 0 Å². The van der Waals surface area contributed by atoms with Gasteiger partial charge in [-0.15, -0.1) is 0 Å². The lowest BCUT2D eigenvalue weighted by Crippen LogP contribution is -2.54. The molecule has 0 aliphatic carbocycles. The first-order valence-corrected chi connectivity index (χ1v) is 8.06. The van der Waals surface area contributed by atoms with Gasteiger partial charge in [-0.1, -0.05) is 47.6 Å². The molecule has 0 heterocycles. The van der Waals surface area contributed by atoms with E-state index in [1.807, 2.05) is 20.8 Å². The molecule has 2 nitrogen and oxygen atoms in total. The third-order valence-corrected chi connectivity index (χ3v) is 5.01. The van der Waals surface area contributed by atoms with Gasteiger partial charge in [-0.05, 0) is 36.0 Å². The Morgan fingerprint density at radius 2 is 1.50 bits per heavy atom. The highest BCUT2D eigenvalue weighted by molar-refractivity contribution is 5.55. The smallest absolute Gasteiger partial charge is 0.426 e. The number of anilines is 1. The van der Waals surface area contributed by atoms with Gasteiger partial charge in [0.2, 0.25) is 0 Å². The zero-order valence-electron chi connectivity index (χ0n) is 15.1. The van der Waals surface area contributed by atoms with E-state index < -0.39 is 23.2 Å². The molecule has 0 amide bonds. The number of halogens is 4. The summed E-state index contributed by atoms with van der Waals surface area (Å²) in [4.78, 5) is 0.